The number of imide groups is 1. The molecule has 5 heteroatoms. The monoisotopic (exact) mass is 283 g/mol. The number of thioether (sulfide) groups is 1. The molecule has 3 nitrogen and oxygen atoms in total. The number of nitrogens with zero attached hydrogens (tertiary/aromatic N) is 1. The predicted octanol–water partition coefficient (Wildman–Crippen LogP) is 2.72. The molecule has 1 atom stereocenters. The normalized spacial score (nSPS) is 21.5. The summed E-state index contributed by atoms with van der Waals surface area (Å²) in [6.45, 7) is 14.5. The molecule has 1 rings (SSSR count). The van der Waals surface area contributed by atoms with E-state index in [1.54, 1.807) is 11.8 Å². The summed E-state index contributed by atoms with van der Waals surface area (Å²) in [4.78, 5) is 26.3. The van der Waals surface area contributed by atoms with Gasteiger partial charge in [-0.15, -0.1) is 11.8 Å². The van der Waals surface area contributed by atoms with Crippen LogP contribution in [0.1, 0.15) is 48.0 Å². The Morgan fingerprint density at radius 3 is 2.21 bits per heavy atom. The molecule has 1 fully saturated rings. The summed E-state index contributed by atoms with van der Waals surface area (Å²) in [5.74, 6) is -0.0232. The van der Waals surface area contributed by atoms with Gasteiger partial charge in [-0.25, -0.2) is 0 Å². The van der Waals surface area contributed by atoms with Crippen LogP contribution in [0.15, 0.2) is 0 Å². The lowest BCUT2D eigenvalue weighted by Crippen LogP contribution is -2.55. The van der Waals surface area contributed by atoms with E-state index in [2.05, 4.69) is 34.5 Å². The van der Waals surface area contributed by atoms with Crippen molar-refractivity contribution in [2.24, 2.45) is 0 Å². The van der Waals surface area contributed by atoms with Gasteiger partial charge in [0.05, 0.1) is 5.25 Å². The van der Waals surface area contributed by atoms with E-state index in [-0.39, 0.29) is 22.4 Å². The molecule has 19 heavy (non-hydrogen) atoms. The maximum Gasteiger partial charge on any atom is 0.243 e. The summed E-state index contributed by atoms with van der Waals surface area (Å²) in [5.41, 5.74) is -0.442. The standard InChI is InChI=1S/C14H26BNO2S/c1-9(2)19-10-8-11(17)16(12(10)18)14(5,6)13(3,4)15-7/h9-10,15H,8H2,1-7H3. The first-order valence-electron chi connectivity index (χ1n) is 7.07. The van der Waals surface area contributed by atoms with Crippen molar-refractivity contribution in [2.75, 3.05) is 0 Å². The third-order valence-electron chi connectivity index (χ3n) is 4.64. The fourth-order valence-electron chi connectivity index (χ4n) is 2.36. The molecule has 0 aromatic carbocycles. The first-order valence-corrected chi connectivity index (χ1v) is 8.01. The molecule has 0 radical (unpaired) electrons. The van der Waals surface area contributed by atoms with Crippen molar-refractivity contribution in [2.45, 2.75) is 76.1 Å². The number of likely N-dealkylation sites (tertiary alicyclic amines) is 1. The molecule has 1 unspecified atom stereocenters. The van der Waals surface area contributed by atoms with E-state index in [1.165, 1.54) is 4.90 Å². The molecule has 0 bridgehead atoms. The molecule has 108 valence electrons. The minimum absolute atomic E-state index is 0.00442. The van der Waals surface area contributed by atoms with Gasteiger partial charge in [0.1, 0.15) is 7.28 Å². The molecule has 0 aliphatic carbocycles. The molecule has 0 saturated carbocycles. The van der Waals surface area contributed by atoms with Crippen LogP contribution in [0.2, 0.25) is 12.1 Å². The Kier molecular flexibility index (Phi) is 4.81. The van der Waals surface area contributed by atoms with Gasteiger partial charge in [-0.1, -0.05) is 34.5 Å². The maximum absolute atomic E-state index is 12.5. The van der Waals surface area contributed by atoms with Crippen LogP contribution >= 0.6 is 11.8 Å². The topological polar surface area (TPSA) is 37.4 Å². The van der Waals surface area contributed by atoms with Crippen molar-refractivity contribution in [3.8, 4) is 0 Å². The number of amides is 2. The SMILES string of the molecule is CBC(C)(C)C(C)(C)N1C(=O)CC(SC(C)C)C1=O. The largest absolute Gasteiger partial charge is 0.276 e. The summed E-state index contributed by atoms with van der Waals surface area (Å²) < 4.78 is 0. The van der Waals surface area contributed by atoms with Gasteiger partial charge in [0.25, 0.3) is 0 Å². The Hall–Kier alpha value is -0.445. The number of rotatable bonds is 5. The van der Waals surface area contributed by atoms with Crippen LogP contribution in [0, 0.1) is 0 Å². The zero-order chi connectivity index (χ0) is 15.0. The van der Waals surface area contributed by atoms with Gasteiger partial charge in [0, 0.05) is 12.0 Å². The highest BCUT2D eigenvalue weighted by Gasteiger charge is 2.51. The summed E-state index contributed by atoms with van der Waals surface area (Å²) in [7, 11) is 0.930. The minimum Gasteiger partial charge on any atom is -0.276 e. The highest BCUT2D eigenvalue weighted by atomic mass is 32.2. The molecular weight excluding hydrogens is 257 g/mol. The van der Waals surface area contributed by atoms with Gasteiger partial charge in [0.15, 0.2) is 0 Å². The van der Waals surface area contributed by atoms with Crippen molar-refractivity contribution in [1.29, 1.82) is 0 Å². The van der Waals surface area contributed by atoms with Gasteiger partial charge in [-0.3, -0.25) is 14.5 Å². The number of carbonyl (C=O) groups excluding carboxylic acids is 2. The van der Waals surface area contributed by atoms with Crippen LogP contribution in [-0.4, -0.2) is 40.0 Å². The van der Waals surface area contributed by atoms with Crippen LogP contribution in [-0.2, 0) is 9.59 Å². The molecule has 2 amide bonds. The smallest absolute Gasteiger partial charge is 0.243 e. The van der Waals surface area contributed by atoms with Crippen molar-refractivity contribution in [3.63, 3.8) is 0 Å². The van der Waals surface area contributed by atoms with E-state index >= 15 is 0 Å². The average Bonchev–Trinajstić information content (AvgIpc) is 2.53. The molecule has 0 aromatic rings. The third-order valence-corrected chi connectivity index (χ3v) is 5.88. The lowest BCUT2D eigenvalue weighted by Gasteiger charge is -2.46. The van der Waals surface area contributed by atoms with Gasteiger partial charge in [0.2, 0.25) is 11.8 Å². The second kappa shape index (κ2) is 5.51. The first-order chi connectivity index (χ1) is 8.54. The molecular formula is C14H26BNO2S. The molecule has 0 aromatic heterocycles. The first kappa shape index (κ1) is 16.6. The van der Waals surface area contributed by atoms with Gasteiger partial charge in [-0.05, 0) is 24.4 Å². The second-order valence-electron chi connectivity index (χ2n) is 6.74. The van der Waals surface area contributed by atoms with Crippen molar-refractivity contribution in [3.05, 3.63) is 0 Å². The van der Waals surface area contributed by atoms with Crippen molar-refractivity contribution in [1.82, 2.24) is 4.90 Å². The van der Waals surface area contributed by atoms with Crippen LogP contribution < -0.4 is 0 Å². The lowest BCUT2D eigenvalue weighted by molar-refractivity contribution is -0.145. The Balaban J connectivity index is 3.02. The molecule has 1 aliphatic rings. The van der Waals surface area contributed by atoms with E-state index in [0.29, 0.717) is 11.7 Å². The summed E-state index contributed by atoms with van der Waals surface area (Å²) >= 11 is 1.60. The van der Waals surface area contributed by atoms with E-state index < -0.39 is 5.54 Å². The minimum atomic E-state index is -0.442. The van der Waals surface area contributed by atoms with Gasteiger partial charge < -0.3 is 0 Å². The Morgan fingerprint density at radius 1 is 1.26 bits per heavy atom. The highest BCUT2D eigenvalue weighted by Crippen LogP contribution is 2.44. The Morgan fingerprint density at radius 2 is 1.79 bits per heavy atom. The number of carbonyl (C=O) groups is 2. The number of hydrogen-bond donors (Lipinski definition) is 0. The molecule has 1 heterocycles. The van der Waals surface area contributed by atoms with E-state index in [0.717, 1.165) is 7.28 Å². The Bertz CT molecular complexity index is 380. The maximum atomic E-state index is 12.5. The zero-order valence-electron chi connectivity index (χ0n) is 13.2. The molecule has 0 N–H and O–H groups in total. The van der Waals surface area contributed by atoms with E-state index in [1.807, 2.05) is 13.8 Å². The zero-order valence-corrected chi connectivity index (χ0v) is 14.1. The van der Waals surface area contributed by atoms with Gasteiger partial charge in [-0.2, -0.15) is 0 Å². The highest BCUT2D eigenvalue weighted by molar-refractivity contribution is 8.01. The number of hydrogen-bond acceptors (Lipinski definition) is 3. The van der Waals surface area contributed by atoms with Crippen LogP contribution in [0.25, 0.3) is 0 Å². The lowest BCUT2D eigenvalue weighted by atomic mass is 9.48. The van der Waals surface area contributed by atoms with Crippen molar-refractivity contribution >= 4 is 30.9 Å². The molecule has 0 spiro atoms. The van der Waals surface area contributed by atoms with Crippen LogP contribution in [0.4, 0.5) is 0 Å². The Labute approximate surface area is 122 Å². The second-order valence-corrected chi connectivity index (χ2v) is 8.53. The summed E-state index contributed by atoms with van der Waals surface area (Å²) in [6, 6.07) is 0. The fourth-order valence-corrected chi connectivity index (χ4v) is 3.48. The van der Waals surface area contributed by atoms with Crippen LogP contribution in [0.3, 0.4) is 0 Å². The summed E-state index contributed by atoms with van der Waals surface area (Å²) in [6.07, 6.45) is 0.352. The molecule has 1 saturated heterocycles. The average molecular weight is 283 g/mol. The predicted molar refractivity (Wildman–Crippen MR) is 84.1 cm³/mol. The third kappa shape index (κ3) is 3.01. The van der Waals surface area contributed by atoms with E-state index in [9.17, 15) is 9.59 Å². The fraction of sp³-hybridized carbons (Fsp3) is 0.857. The summed E-state index contributed by atoms with van der Waals surface area (Å²) in [5, 5.41) is 0.0822. The molecule has 1 aliphatic heterocycles. The van der Waals surface area contributed by atoms with E-state index in [4.69, 9.17) is 0 Å². The quantitative estimate of drug-likeness (QED) is 0.575. The van der Waals surface area contributed by atoms with Gasteiger partial charge >= 0.3 is 0 Å². The van der Waals surface area contributed by atoms with Crippen molar-refractivity contribution < 1.29 is 9.59 Å². The van der Waals surface area contributed by atoms with Crippen LogP contribution in [0.5, 0.6) is 0 Å².